The molecule has 0 amide bonds. The van der Waals surface area contributed by atoms with Gasteiger partial charge in [0.25, 0.3) is 0 Å². The highest BCUT2D eigenvalue weighted by molar-refractivity contribution is 5.29. The van der Waals surface area contributed by atoms with Crippen LogP contribution in [0, 0.1) is 19.8 Å². The molecular weight excluding hydrogens is 264 g/mol. The van der Waals surface area contributed by atoms with Crippen molar-refractivity contribution in [2.75, 3.05) is 7.11 Å². The Labute approximate surface area is 126 Å². The molecule has 0 bridgehead atoms. The lowest BCUT2D eigenvalue weighted by molar-refractivity contribution is 0.402. The molecule has 0 fully saturated rings. The molecule has 0 unspecified atom stereocenters. The second-order valence-electron chi connectivity index (χ2n) is 5.61. The Morgan fingerprint density at radius 1 is 1.19 bits per heavy atom. The van der Waals surface area contributed by atoms with Crippen LogP contribution >= 0.6 is 0 Å². The van der Waals surface area contributed by atoms with Gasteiger partial charge in [-0.15, -0.1) is 0 Å². The predicted molar refractivity (Wildman–Crippen MR) is 83.4 cm³/mol. The summed E-state index contributed by atoms with van der Waals surface area (Å²) >= 11 is 0. The van der Waals surface area contributed by atoms with Crippen LogP contribution in [0.25, 0.3) is 0 Å². The van der Waals surface area contributed by atoms with Crippen molar-refractivity contribution in [3.05, 3.63) is 47.2 Å². The Morgan fingerprint density at radius 3 is 2.33 bits per heavy atom. The minimum Gasteiger partial charge on any atom is -0.497 e. The van der Waals surface area contributed by atoms with E-state index in [0.29, 0.717) is 12.5 Å². The fraction of sp³-hybridized carbons (Fsp3) is 0.471. The average Bonchev–Trinajstić information content (AvgIpc) is 2.77. The number of ether oxygens (including phenoxy) is 1. The third-order valence-electron chi connectivity index (χ3n) is 3.63. The van der Waals surface area contributed by atoms with Gasteiger partial charge in [0, 0.05) is 19.5 Å². The predicted octanol–water partition coefficient (Wildman–Crippen LogP) is 3.79. The Bertz CT molecular complexity index is 573. The minimum atomic E-state index is 0.271. The van der Waals surface area contributed by atoms with Crippen LogP contribution < -0.4 is 10.1 Å². The highest BCUT2D eigenvalue weighted by Crippen LogP contribution is 2.24. The minimum absolute atomic E-state index is 0.271. The molecule has 0 aliphatic heterocycles. The second kappa shape index (κ2) is 6.76. The fourth-order valence-corrected chi connectivity index (χ4v) is 2.49. The smallest absolute Gasteiger partial charge is 0.191 e. The average molecular weight is 288 g/mol. The van der Waals surface area contributed by atoms with E-state index >= 15 is 0 Å². The van der Waals surface area contributed by atoms with Crippen molar-refractivity contribution < 1.29 is 9.15 Å². The topological polar surface area (TPSA) is 47.3 Å². The van der Waals surface area contributed by atoms with Crippen LogP contribution in [-0.4, -0.2) is 12.1 Å². The van der Waals surface area contributed by atoms with E-state index in [-0.39, 0.29) is 6.04 Å². The number of aromatic nitrogens is 1. The van der Waals surface area contributed by atoms with Crippen molar-refractivity contribution in [1.29, 1.82) is 0 Å². The number of nitrogens with zero attached hydrogens (tertiary/aromatic N) is 1. The molecule has 4 heteroatoms. The van der Waals surface area contributed by atoms with Gasteiger partial charge in [-0.3, -0.25) is 0 Å². The summed E-state index contributed by atoms with van der Waals surface area (Å²) in [5.74, 6) is 2.96. The summed E-state index contributed by atoms with van der Waals surface area (Å²) < 4.78 is 10.7. The number of hydrogen-bond donors (Lipinski definition) is 1. The van der Waals surface area contributed by atoms with Gasteiger partial charge in [0.2, 0.25) is 0 Å². The molecule has 1 atom stereocenters. The van der Waals surface area contributed by atoms with Crippen LogP contribution in [0.3, 0.4) is 0 Å². The van der Waals surface area contributed by atoms with Gasteiger partial charge in [-0.05, 0) is 30.5 Å². The first-order valence-corrected chi connectivity index (χ1v) is 7.31. The van der Waals surface area contributed by atoms with E-state index < -0.39 is 0 Å². The zero-order chi connectivity index (χ0) is 15.4. The SMILES string of the molecule is COc1ccc([C@@H](NCc2nc(C)oc2C)C(C)C)cc1. The normalized spacial score (nSPS) is 12.7. The summed E-state index contributed by atoms with van der Waals surface area (Å²) in [6, 6.07) is 8.48. The first kappa shape index (κ1) is 15.6. The standard InChI is InChI=1S/C17H24N2O2/c1-11(2)17(14-6-8-15(20-5)9-7-14)18-10-16-12(3)21-13(4)19-16/h6-9,11,17-18H,10H2,1-5H3/t17-/m0/s1. The summed E-state index contributed by atoms with van der Waals surface area (Å²) in [6.07, 6.45) is 0. The highest BCUT2D eigenvalue weighted by atomic mass is 16.5. The molecule has 1 aromatic carbocycles. The lowest BCUT2D eigenvalue weighted by Crippen LogP contribution is -2.25. The zero-order valence-electron chi connectivity index (χ0n) is 13.4. The lowest BCUT2D eigenvalue weighted by Gasteiger charge is -2.23. The van der Waals surface area contributed by atoms with Gasteiger partial charge in [-0.1, -0.05) is 26.0 Å². The molecule has 4 nitrogen and oxygen atoms in total. The number of hydrogen-bond acceptors (Lipinski definition) is 4. The van der Waals surface area contributed by atoms with Crippen LogP contribution in [0.5, 0.6) is 5.75 Å². The van der Waals surface area contributed by atoms with Gasteiger partial charge in [-0.25, -0.2) is 4.98 Å². The van der Waals surface area contributed by atoms with E-state index in [1.807, 2.05) is 26.0 Å². The highest BCUT2D eigenvalue weighted by Gasteiger charge is 2.17. The van der Waals surface area contributed by atoms with Gasteiger partial charge < -0.3 is 14.5 Å². The monoisotopic (exact) mass is 288 g/mol. The summed E-state index contributed by atoms with van der Waals surface area (Å²) in [5, 5.41) is 3.58. The number of nitrogens with one attached hydrogen (secondary N) is 1. The maximum atomic E-state index is 5.48. The number of benzene rings is 1. The number of methoxy groups -OCH3 is 1. The molecule has 2 aromatic rings. The molecule has 0 aliphatic rings. The van der Waals surface area contributed by atoms with Crippen molar-refractivity contribution in [3.8, 4) is 5.75 Å². The van der Waals surface area contributed by atoms with E-state index in [9.17, 15) is 0 Å². The van der Waals surface area contributed by atoms with Gasteiger partial charge in [-0.2, -0.15) is 0 Å². The Morgan fingerprint density at radius 2 is 1.86 bits per heavy atom. The van der Waals surface area contributed by atoms with E-state index in [1.165, 1.54) is 5.56 Å². The third-order valence-corrected chi connectivity index (χ3v) is 3.63. The van der Waals surface area contributed by atoms with Gasteiger partial charge in [0.1, 0.15) is 11.5 Å². The van der Waals surface area contributed by atoms with Crippen LogP contribution in [0.4, 0.5) is 0 Å². The van der Waals surface area contributed by atoms with Gasteiger partial charge in [0.05, 0.1) is 12.8 Å². The quantitative estimate of drug-likeness (QED) is 0.878. The molecule has 114 valence electrons. The molecule has 0 spiro atoms. The molecule has 2 rings (SSSR count). The Balaban J connectivity index is 2.10. The number of aryl methyl sites for hydroxylation is 2. The molecule has 0 radical (unpaired) electrons. The molecule has 1 N–H and O–H groups in total. The maximum Gasteiger partial charge on any atom is 0.191 e. The first-order valence-electron chi connectivity index (χ1n) is 7.31. The summed E-state index contributed by atoms with van der Waals surface area (Å²) in [7, 11) is 1.68. The maximum absolute atomic E-state index is 5.48. The molecule has 21 heavy (non-hydrogen) atoms. The summed E-state index contributed by atoms with van der Waals surface area (Å²) in [6.45, 7) is 8.96. The van der Waals surface area contributed by atoms with Crippen LogP contribution in [0.2, 0.25) is 0 Å². The van der Waals surface area contributed by atoms with Crippen LogP contribution in [0.15, 0.2) is 28.7 Å². The first-order chi connectivity index (χ1) is 10.0. The van der Waals surface area contributed by atoms with Crippen LogP contribution in [0.1, 0.15) is 42.8 Å². The summed E-state index contributed by atoms with van der Waals surface area (Å²) in [4.78, 5) is 4.41. The van der Waals surface area contributed by atoms with Crippen molar-refractivity contribution in [3.63, 3.8) is 0 Å². The fourth-order valence-electron chi connectivity index (χ4n) is 2.49. The second-order valence-corrected chi connectivity index (χ2v) is 5.61. The molecule has 0 saturated carbocycles. The summed E-state index contributed by atoms with van der Waals surface area (Å²) in [5.41, 5.74) is 2.23. The zero-order valence-corrected chi connectivity index (χ0v) is 13.4. The van der Waals surface area contributed by atoms with Crippen molar-refractivity contribution in [2.24, 2.45) is 5.92 Å². The van der Waals surface area contributed by atoms with Crippen molar-refractivity contribution in [1.82, 2.24) is 10.3 Å². The Kier molecular flexibility index (Phi) is 5.02. The number of oxazole rings is 1. The van der Waals surface area contributed by atoms with Gasteiger partial charge >= 0.3 is 0 Å². The molecule has 0 aliphatic carbocycles. The van der Waals surface area contributed by atoms with Crippen molar-refractivity contribution in [2.45, 2.75) is 40.3 Å². The van der Waals surface area contributed by atoms with E-state index in [0.717, 1.165) is 23.1 Å². The van der Waals surface area contributed by atoms with Gasteiger partial charge in [0.15, 0.2) is 5.89 Å². The largest absolute Gasteiger partial charge is 0.497 e. The molecule has 1 aromatic heterocycles. The van der Waals surface area contributed by atoms with E-state index in [4.69, 9.17) is 9.15 Å². The molecular formula is C17H24N2O2. The lowest BCUT2D eigenvalue weighted by atomic mass is 9.96. The van der Waals surface area contributed by atoms with E-state index in [1.54, 1.807) is 7.11 Å². The van der Waals surface area contributed by atoms with Crippen molar-refractivity contribution >= 4 is 0 Å². The van der Waals surface area contributed by atoms with Crippen LogP contribution in [-0.2, 0) is 6.54 Å². The molecule has 1 heterocycles. The number of rotatable bonds is 6. The third kappa shape index (κ3) is 3.85. The van der Waals surface area contributed by atoms with E-state index in [2.05, 4.69) is 36.3 Å². The Hall–Kier alpha value is -1.81. The molecule has 0 saturated heterocycles.